The van der Waals surface area contributed by atoms with E-state index >= 15 is 0 Å². The van der Waals surface area contributed by atoms with E-state index in [0.29, 0.717) is 22.1 Å². The summed E-state index contributed by atoms with van der Waals surface area (Å²) in [5.74, 6) is 0.151. The highest BCUT2D eigenvalue weighted by Crippen LogP contribution is 2.21. The zero-order chi connectivity index (χ0) is 14.0. The van der Waals surface area contributed by atoms with Gasteiger partial charge in [0.05, 0.1) is 16.3 Å². The summed E-state index contributed by atoms with van der Waals surface area (Å²) < 4.78 is 0.885. The van der Waals surface area contributed by atoms with Crippen molar-refractivity contribution in [2.45, 2.75) is 6.92 Å². The number of nitrogen functional groups attached to an aromatic ring is 1. The lowest BCUT2D eigenvalue weighted by molar-refractivity contribution is 0.102. The Morgan fingerprint density at radius 2 is 2.11 bits per heavy atom. The largest absolute Gasteiger partial charge is 0.399 e. The molecule has 1 amide bonds. The van der Waals surface area contributed by atoms with Gasteiger partial charge in [0.2, 0.25) is 0 Å². The first kappa shape index (κ1) is 13.8. The van der Waals surface area contributed by atoms with Crippen LogP contribution in [0.4, 0.5) is 11.5 Å². The molecule has 0 saturated heterocycles. The maximum atomic E-state index is 12.1. The highest BCUT2D eigenvalue weighted by molar-refractivity contribution is 9.10. The topological polar surface area (TPSA) is 68.0 Å². The van der Waals surface area contributed by atoms with E-state index in [-0.39, 0.29) is 5.91 Å². The monoisotopic (exact) mass is 339 g/mol. The number of nitrogens with one attached hydrogen (secondary N) is 1. The lowest BCUT2D eigenvalue weighted by Crippen LogP contribution is -2.14. The van der Waals surface area contributed by atoms with Gasteiger partial charge in [-0.25, -0.2) is 4.98 Å². The second-order valence-electron chi connectivity index (χ2n) is 3.96. The quantitative estimate of drug-likeness (QED) is 0.820. The van der Waals surface area contributed by atoms with Crippen LogP contribution in [-0.4, -0.2) is 10.9 Å². The van der Waals surface area contributed by atoms with E-state index in [1.54, 1.807) is 18.2 Å². The van der Waals surface area contributed by atoms with Crippen LogP contribution in [0.2, 0.25) is 5.02 Å². The summed E-state index contributed by atoms with van der Waals surface area (Å²) in [6.45, 7) is 1.84. The third-order valence-electron chi connectivity index (χ3n) is 2.50. The molecule has 0 radical (unpaired) electrons. The van der Waals surface area contributed by atoms with Crippen molar-refractivity contribution in [1.82, 2.24) is 4.98 Å². The van der Waals surface area contributed by atoms with Crippen LogP contribution in [0, 0.1) is 6.92 Å². The van der Waals surface area contributed by atoms with Gasteiger partial charge in [-0.3, -0.25) is 4.79 Å². The van der Waals surface area contributed by atoms with Crippen molar-refractivity contribution in [3.8, 4) is 0 Å². The van der Waals surface area contributed by atoms with Crippen molar-refractivity contribution in [2.24, 2.45) is 0 Å². The van der Waals surface area contributed by atoms with Crippen LogP contribution in [0.5, 0.6) is 0 Å². The fourth-order valence-corrected chi connectivity index (χ4v) is 2.01. The summed E-state index contributed by atoms with van der Waals surface area (Å²) in [7, 11) is 0. The molecule has 0 aliphatic heterocycles. The smallest absolute Gasteiger partial charge is 0.258 e. The van der Waals surface area contributed by atoms with Crippen LogP contribution in [-0.2, 0) is 0 Å². The number of amides is 1. The van der Waals surface area contributed by atoms with Gasteiger partial charge in [0.1, 0.15) is 5.82 Å². The molecule has 0 bridgehead atoms. The second kappa shape index (κ2) is 5.59. The molecule has 1 aromatic heterocycles. The predicted molar refractivity (Wildman–Crippen MR) is 80.5 cm³/mol. The van der Waals surface area contributed by atoms with Crippen molar-refractivity contribution < 1.29 is 4.79 Å². The molecule has 0 fully saturated rings. The molecule has 0 aliphatic rings. The second-order valence-corrected chi connectivity index (χ2v) is 5.22. The van der Waals surface area contributed by atoms with Crippen molar-refractivity contribution in [3.05, 3.63) is 51.1 Å². The molecule has 4 nitrogen and oxygen atoms in total. The van der Waals surface area contributed by atoms with Crippen molar-refractivity contribution in [3.63, 3.8) is 0 Å². The van der Waals surface area contributed by atoms with Gasteiger partial charge in [-0.05, 0) is 53.2 Å². The van der Waals surface area contributed by atoms with Gasteiger partial charge >= 0.3 is 0 Å². The highest BCUT2D eigenvalue weighted by atomic mass is 79.9. The number of pyridine rings is 1. The molecule has 19 heavy (non-hydrogen) atoms. The molecular weight excluding hydrogens is 330 g/mol. The number of carbonyl (C=O) groups excluding carboxylic acids is 1. The molecular formula is C13H11BrClN3O. The Hall–Kier alpha value is -1.59. The molecule has 2 aromatic rings. The fraction of sp³-hybridized carbons (Fsp3) is 0.0769. The van der Waals surface area contributed by atoms with E-state index in [9.17, 15) is 4.79 Å². The standard InChI is InChI=1S/C13H11BrClN3O/c1-7-10(14)4-5-12(17-7)18-13(19)9-3-2-8(16)6-11(9)15/h2-6H,16H2,1H3,(H,17,18,19). The third kappa shape index (κ3) is 3.24. The molecule has 0 atom stereocenters. The lowest BCUT2D eigenvalue weighted by Gasteiger charge is -2.08. The van der Waals surface area contributed by atoms with E-state index in [4.69, 9.17) is 17.3 Å². The Morgan fingerprint density at radius 1 is 1.37 bits per heavy atom. The van der Waals surface area contributed by atoms with Crippen LogP contribution in [0.15, 0.2) is 34.8 Å². The minimum Gasteiger partial charge on any atom is -0.399 e. The molecule has 3 N–H and O–H groups in total. The SMILES string of the molecule is Cc1nc(NC(=O)c2ccc(N)cc2Cl)ccc1Br. The number of aromatic nitrogens is 1. The minimum atomic E-state index is -0.320. The Morgan fingerprint density at radius 3 is 2.74 bits per heavy atom. The Kier molecular flexibility index (Phi) is 4.07. The van der Waals surface area contributed by atoms with Crippen LogP contribution in [0.25, 0.3) is 0 Å². The fourth-order valence-electron chi connectivity index (χ4n) is 1.51. The number of rotatable bonds is 2. The predicted octanol–water partition coefficient (Wildman–Crippen LogP) is 3.64. The van der Waals surface area contributed by atoms with Crippen LogP contribution >= 0.6 is 27.5 Å². The van der Waals surface area contributed by atoms with E-state index in [0.717, 1.165) is 10.2 Å². The summed E-state index contributed by atoms with van der Waals surface area (Å²) >= 11 is 9.33. The average molecular weight is 341 g/mol. The minimum absolute atomic E-state index is 0.311. The highest BCUT2D eigenvalue weighted by Gasteiger charge is 2.11. The van der Waals surface area contributed by atoms with Gasteiger partial charge in [-0.2, -0.15) is 0 Å². The van der Waals surface area contributed by atoms with Crippen molar-refractivity contribution >= 4 is 44.9 Å². The first-order valence-corrected chi connectivity index (χ1v) is 6.64. The maximum Gasteiger partial charge on any atom is 0.258 e. The number of nitrogens with zero attached hydrogens (tertiary/aromatic N) is 1. The van der Waals surface area contributed by atoms with E-state index in [1.165, 1.54) is 6.07 Å². The average Bonchev–Trinajstić information content (AvgIpc) is 2.33. The molecule has 0 unspecified atom stereocenters. The molecule has 0 aliphatic carbocycles. The molecule has 1 aromatic carbocycles. The molecule has 1 heterocycles. The molecule has 2 rings (SSSR count). The number of halogens is 2. The summed E-state index contributed by atoms with van der Waals surface area (Å²) in [5.41, 5.74) is 7.25. The van der Waals surface area contributed by atoms with Gasteiger partial charge in [-0.1, -0.05) is 11.6 Å². The van der Waals surface area contributed by atoms with Gasteiger partial charge in [-0.15, -0.1) is 0 Å². The molecule has 98 valence electrons. The number of anilines is 2. The van der Waals surface area contributed by atoms with Crippen molar-refractivity contribution in [1.29, 1.82) is 0 Å². The van der Waals surface area contributed by atoms with Gasteiger partial charge in [0, 0.05) is 10.2 Å². The van der Waals surface area contributed by atoms with E-state index in [2.05, 4.69) is 26.2 Å². The van der Waals surface area contributed by atoms with E-state index < -0.39 is 0 Å². The normalized spacial score (nSPS) is 10.3. The van der Waals surface area contributed by atoms with Gasteiger partial charge < -0.3 is 11.1 Å². The number of nitrogens with two attached hydrogens (primary N) is 1. The number of hydrogen-bond acceptors (Lipinski definition) is 3. The van der Waals surface area contributed by atoms with Gasteiger partial charge in [0.15, 0.2) is 0 Å². The summed E-state index contributed by atoms with van der Waals surface area (Å²) in [4.78, 5) is 16.3. The lowest BCUT2D eigenvalue weighted by atomic mass is 10.2. The first-order chi connectivity index (χ1) is 8.97. The van der Waals surface area contributed by atoms with E-state index in [1.807, 2.05) is 13.0 Å². The van der Waals surface area contributed by atoms with Crippen LogP contribution < -0.4 is 11.1 Å². The summed E-state index contributed by atoms with van der Waals surface area (Å²) in [5, 5.41) is 3.00. The Labute approximate surface area is 124 Å². The number of carbonyl (C=O) groups is 1. The molecule has 6 heteroatoms. The zero-order valence-electron chi connectivity index (χ0n) is 10.1. The van der Waals surface area contributed by atoms with Crippen LogP contribution in [0.3, 0.4) is 0 Å². The Balaban J connectivity index is 2.23. The Bertz CT molecular complexity index is 646. The third-order valence-corrected chi connectivity index (χ3v) is 3.65. The zero-order valence-corrected chi connectivity index (χ0v) is 12.4. The summed E-state index contributed by atoms with van der Waals surface area (Å²) in [6.07, 6.45) is 0. The molecule has 0 spiro atoms. The molecule has 0 saturated carbocycles. The number of benzene rings is 1. The number of aryl methyl sites for hydroxylation is 1. The first-order valence-electron chi connectivity index (χ1n) is 5.47. The van der Waals surface area contributed by atoms with Gasteiger partial charge in [0.25, 0.3) is 5.91 Å². The summed E-state index contributed by atoms with van der Waals surface area (Å²) in [6, 6.07) is 8.28. The number of hydrogen-bond donors (Lipinski definition) is 2. The van der Waals surface area contributed by atoms with Crippen molar-refractivity contribution in [2.75, 3.05) is 11.1 Å². The maximum absolute atomic E-state index is 12.1. The van der Waals surface area contributed by atoms with Crippen LogP contribution in [0.1, 0.15) is 16.1 Å².